The quantitative estimate of drug-likeness (QED) is 0.676. The fourth-order valence-electron chi connectivity index (χ4n) is 2.20. The average Bonchev–Trinajstić information content (AvgIpc) is 2.83. The third-order valence-corrected chi connectivity index (χ3v) is 5.15. The van der Waals surface area contributed by atoms with Gasteiger partial charge in [-0.15, -0.1) is 0 Å². The van der Waals surface area contributed by atoms with Crippen LogP contribution in [-0.4, -0.2) is 57.9 Å². The molecule has 2 aliphatic heterocycles. The van der Waals surface area contributed by atoms with E-state index in [1.54, 1.807) is 4.31 Å². The predicted octanol–water partition coefficient (Wildman–Crippen LogP) is -0.352. The summed E-state index contributed by atoms with van der Waals surface area (Å²) < 4.78 is 29.8. The van der Waals surface area contributed by atoms with Crippen LogP contribution in [0.25, 0.3) is 0 Å². The van der Waals surface area contributed by atoms with Crippen LogP contribution in [0.15, 0.2) is 0 Å². The minimum absolute atomic E-state index is 0.323. The number of rotatable bonds is 5. The second-order valence-corrected chi connectivity index (χ2v) is 6.59. The van der Waals surface area contributed by atoms with Crippen molar-refractivity contribution in [3.05, 3.63) is 0 Å². The van der Waals surface area contributed by atoms with Crippen LogP contribution in [0.2, 0.25) is 0 Å². The zero-order valence-corrected chi connectivity index (χ0v) is 10.3. The van der Waals surface area contributed by atoms with Gasteiger partial charge in [0.15, 0.2) is 0 Å². The first-order valence-corrected chi connectivity index (χ1v) is 7.56. The summed E-state index contributed by atoms with van der Waals surface area (Å²) in [6, 6.07) is 0. The summed E-state index contributed by atoms with van der Waals surface area (Å²) >= 11 is 0. The predicted molar refractivity (Wildman–Crippen MR) is 61.8 cm³/mol. The molecule has 2 fully saturated rings. The van der Waals surface area contributed by atoms with Crippen LogP contribution in [-0.2, 0) is 14.8 Å². The van der Waals surface area contributed by atoms with Crippen LogP contribution >= 0.6 is 0 Å². The van der Waals surface area contributed by atoms with E-state index >= 15 is 0 Å². The summed E-state index contributed by atoms with van der Waals surface area (Å²) in [6.07, 6.45) is 1.90. The van der Waals surface area contributed by atoms with Gasteiger partial charge in [0.2, 0.25) is 10.0 Å². The van der Waals surface area contributed by atoms with Crippen molar-refractivity contribution in [2.75, 3.05) is 45.1 Å². The number of sulfonamides is 1. The molecule has 2 saturated heterocycles. The number of ether oxygens (including phenoxy) is 1. The third kappa shape index (κ3) is 3.16. The normalized spacial score (nSPS) is 29.9. The third-order valence-electron chi connectivity index (χ3n) is 3.20. The molecule has 2 aliphatic rings. The van der Waals surface area contributed by atoms with Crippen molar-refractivity contribution in [2.45, 2.75) is 12.8 Å². The van der Waals surface area contributed by atoms with Gasteiger partial charge in [0.05, 0.1) is 12.4 Å². The molecule has 6 heteroatoms. The van der Waals surface area contributed by atoms with Crippen LogP contribution in [0.3, 0.4) is 0 Å². The Balaban J connectivity index is 1.61. The van der Waals surface area contributed by atoms with Gasteiger partial charge >= 0.3 is 0 Å². The number of hydrogen-bond donors (Lipinski definition) is 1. The molecular weight excluding hydrogens is 228 g/mol. The fraction of sp³-hybridized carbons (Fsp3) is 1.00. The van der Waals surface area contributed by atoms with Crippen molar-refractivity contribution in [1.29, 1.82) is 0 Å². The minimum Gasteiger partial charge on any atom is -0.381 e. The van der Waals surface area contributed by atoms with Gasteiger partial charge in [0, 0.05) is 32.8 Å². The Morgan fingerprint density at radius 2 is 2.31 bits per heavy atom. The topological polar surface area (TPSA) is 58.6 Å². The molecule has 0 amide bonds. The molecule has 0 aromatic carbocycles. The number of nitrogens with zero attached hydrogens (tertiary/aromatic N) is 1. The van der Waals surface area contributed by atoms with Gasteiger partial charge in [0.25, 0.3) is 0 Å². The van der Waals surface area contributed by atoms with Crippen LogP contribution in [0.1, 0.15) is 12.8 Å². The molecular formula is C10H20N2O3S. The van der Waals surface area contributed by atoms with E-state index in [0.717, 1.165) is 39.1 Å². The van der Waals surface area contributed by atoms with Crippen molar-refractivity contribution >= 4 is 10.0 Å². The zero-order chi connectivity index (χ0) is 11.4. The van der Waals surface area contributed by atoms with Crippen LogP contribution < -0.4 is 5.32 Å². The van der Waals surface area contributed by atoms with Crippen LogP contribution in [0.4, 0.5) is 0 Å². The first kappa shape index (κ1) is 12.3. The molecule has 94 valence electrons. The summed E-state index contributed by atoms with van der Waals surface area (Å²) in [4.78, 5) is 0. The van der Waals surface area contributed by atoms with Crippen molar-refractivity contribution in [3.63, 3.8) is 0 Å². The second kappa shape index (κ2) is 5.44. The lowest BCUT2D eigenvalue weighted by Gasteiger charge is -2.15. The smallest absolute Gasteiger partial charge is 0.214 e. The average molecular weight is 248 g/mol. The van der Waals surface area contributed by atoms with Crippen molar-refractivity contribution < 1.29 is 13.2 Å². The van der Waals surface area contributed by atoms with E-state index in [1.165, 1.54) is 0 Å². The SMILES string of the molecule is O=S1(=O)CCCN1CCNCC1CCOC1. The number of hydrogen-bond acceptors (Lipinski definition) is 4. The van der Waals surface area contributed by atoms with Gasteiger partial charge in [-0.05, 0) is 18.8 Å². The lowest BCUT2D eigenvalue weighted by Crippen LogP contribution is -2.35. The van der Waals surface area contributed by atoms with E-state index in [4.69, 9.17) is 4.74 Å². The van der Waals surface area contributed by atoms with E-state index < -0.39 is 10.0 Å². The van der Waals surface area contributed by atoms with Gasteiger partial charge in [-0.3, -0.25) is 0 Å². The van der Waals surface area contributed by atoms with Crippen molar-refractivity contribution in [1.82, 2.24) is 9.62 Å². The van der Waals surface area contributed by atoms with E-state index in [0.29, 0.717) is 24.8 Å². The van der Waals surface area contributed by atoms with Gasteiger partial charge in [0.1, 0.15) is 0 Å². The first-order valence-electron chi connectivity index (χ1n) is 5.95. The summed E-state index contributed by atoms with van der Waals surface area (Å²) in [5.74, 6) is 0.930. The minimum atomic E-state index is -2.92. The Bertz CT molecular complexity index is 312. The van der Waals surface area contributed by atoms with E-state index in [9.17, 15) is 8.42 Å². The Labute approximate surface area is 97.2 Å². The first-order chi connectivity index (χ1) is 7.68. The molecule has 0 saturated carbocycles. The summed E-state index contributed by atoms with van der Waals surface area (Å²) in [5.41, 5.74) is 0. The lowest BCUT2D eigenvalue weighted by molar-refractivity contribution is 0.185. The maximum absolute atomic E-state index is 11.5. The van der Waals surface area contributed by atoms with Crippen LogP contribution in [0.5, 0.6) is 0 Å². The highest BCUT2D eigenvalue weighted by Crippen LogP contribution is 2.12. The zero-order valence-electron chi connectivity index (χ0n) is 9.52. The molecule has 5 nitrogen and oxygen atoms in total. The van der Waals surface area contributed by atoms with Crippen LogP contribution in [0, 0.1) is 5.92 Å². The monoisotopic (exact) mass is 248 g/mol. The summed E-state index contributed by atoms with van der Waals surface area (Å²) in [5, 5.41) is 3.31. The molecule has 1 N–H and O–H groups in total. The highest BCUT2D eigenvalue weighted by atomic mass is 32.2. The molecule has 0 radical (unpaired) electrons. The van der Waals surface area contributed by atoms with Gasteiger partial charge in [-0.1, -0.05) is 0 Å². The van der Waals surface area contributed by atoms with Gasteiger partial charge in [-0.25, -0.2) is 12.7 Å². The van der Waals surface area contributed by atoms with E-state index in [2.05, 4.69) is 5.32 Å². The molecule has 16 heavy (non-hydrogen) atoms. The standard InChI is InChI=1S/C10H20N2O3S/c13-16(14)7-1-4-12(16)5-3-11-8-10-2-6-15-9-10/h10-11H,1-9H2. The number of nitrogens with one attached hydrogen (secondary N) is 1. The summed E-state index contributed by atoms with van der Waals surface area (Å²) in [6.45, 7) is 4.69. The van der Waals surface area contributed by atoms with Gasteiger partial charge < -0.3 is 10.1 Å². The van der Waals surface area contributed by atoms with Gasteiger partial charge in [-0.2, -0.15) is 0 Å². The molecule has 0 aromatic heterocycles. The Morgan fingerprint density at radius 1 is 1.44 bits per heavy atom. The molecule has 1 unspecified atom stereocenters. The largest absolute Gasteiger partial charge is 0.381 e. The molecule has 0 spiro atoms. The molecule has 0 bridgehead atoms. The Hall–Kier alpha value is -0.170. The lowest BCUT2D eigenvalue weighted by atomic mass is 10.1. The maximum atomic E-state index is 11.5. The Kier molecular flexibility index (Phi) is 4.18. The molecule has 1 atom stereocenters. The molecule has 2 heterocycles. The molecule has 0 aromatic rings. The Morgan fingerprint density at radius 3 is 2.94 bits per heavy atom. The van der Waals surface area contributed by atoms with E-state index in [1.807, 2.05) is 0 Å². The van der Waals surface area contributed by atoms with E-state index in [-0.39, 0.29) is 0 Å². The second-order valence-electron chi connectivity index (χ2n) is 4.50. The van der Waals surface area contributed by atoms with Crippen molar-refractivity contribution in [3.8, 4) is 0 Å². The molecule has 0 aliphatic carbocycles. The maximum Gasteiger partial charge on any atom is 0.214 e. The van der Waals surface area contributed by atoms with Crippen molar-refractivity contribution in [2.24, 2.45) is 5.92 Å². The molecule has 2 rings (SSSR count). The highest BCUT2D eigenvalue weighted by Gasteiger charge is 2.27. The highest BCUT2D eigenvalue weighted by molar-refractivity contribution is 7.89. The fourth-order valence-corrected chi connectivity index (χ4v) is 3.73. The summed E-state index contributed by atoms with van der Waals surface area (Å²) in [7, 11) is -2.92.